The van der Waals surface area contributed by atoms with Gasteiger partial charge in [0.1, 0.15) is 6.04 Å². The zero-order chi connectivity index (χ0) is 29.1. The maximum Gasteiger partial charge on any atom is 0.243 e. The third-order valence-electron chi connectivity index (χ3n) is 6.33. The molecular weight excluding hydrogens is 614 g/mol. The molecule has 10 heteroatoms. The summed E-state index contributed by atoms with van der Waals surface area (Å²) in [5, 5.41) is 3.47. The highest BCUT2D eigenvalue weighted by molar-refractivity contribution is 9.10. The average Bonchev–Trinajstić information content (AvgIpc) is 2.92. The van der Waals surface area contributed by atoms with Gasteiger partial charge in [-0.3, -0.25) is 13.9 Å². The minimum Gasteiger partial charge on any atom is -0.354 e. The van der Waals surface area contributed by atoms with Crippen molar-refractivity contribution in [2.45, 2.75) is 45.2 Å². The lowest BCUT2D eigenvalue weighted by Gasteiger charge is -2.32. The second kappa shape index (κ2) is 15.2. The summed E-state index contributed by atoms with van der Waals surface area (Å²) in [5.41, 5.74) is 2.30. The summed E-state index contributed by atoms with van der Waals surface area (Å²) in [6.45, 7) is 2.84. The van der Waals surface area contributed by atoms with Crippen LogP contribution >= 0.6 is 27.5 Å². The molecule has 0 aliphatic rings. The molecule has 0 radical (unpaired) electrons. The Morgan fingerprint density at radius 1 is 0.975 bits per heavy atom. The van der Waals surface area contributed by atoms with Crippen molar-refractivity contribution in [3.63, 3.8) is 0 Å². The molecule has 0 aromatic heterocycles. The van der Waals surface area contributed by atoms with Gasteiger partial charge in [-0.15, -0.1) is 0 Å². The molecule has 3 aromatic carbocycles. The SMILES string of the molecule is CCCNC(=O)[C@H](Cc1ccccc1)N(Cc1cccc(Br)c1)C(=O)CCCN(c1ccc(Cl)cc1)S(C)(=O)=O. The van der Waals surface area contributed by atoms with Gasteiger partial charge >= 0.3 is 0 Å². The predicted molar refractivity (Wildman–Crippen MR) is 165 cm³/mol. The Balaban J connectivity index is 1.86. The molecule has 1 N–H and O–H groups in total. The second-order valence-electron chi connectivity index (χ2n) is 9.56. The van der Waals surface area contributed by atoms with Crippen LogP contribution in [0.1, 0.15) is 37.3 Å². The number of rotatable bonds is 14. The molecule has 3 rings (SSSR count). The molecule has 0 aliphatic heterocycles. The Morgan fingerprint density at radius 2 is 1.65 bits per heavy atom. The van der Waals surface area contributed by atoms with E-state index in [0.717, 1.165) is 28.3 Å². The molecule has 0 saturated carbocycles. The summed E-state index contributed by atoms with van der Waals surface area (Å²) < 4.78 is 27.2. The van der Waals surface area contributed by atoms with E-state index in [9.17, 15) is 18.0 Å². The van der Waals surface area contributed by atoms with Crippen molar-refractivity contribution in [2.75, 3.05) is 23.7 Å². The van der Waals surface area contributed by atoms with Crippen LogP contribution in [-0.2, 0) is 32.6 Å². The number of hydrogen-bond acceptors (Lipinski definition) is 4. The average molecular weight is 649 g/mol. The van der Waals surface area contributed by atoms with E-state index >= 15 is 0 Å². The summed E-state index contributed by atoms with van der Waals surface area (Å²) in [6.07, 6.45) is 2.61. The normalized spacial score (nSPS) is 12.0. The Kier molecular flexibility index (Phi) is 12.0. The summed E-state index contributed by atoms with van der Waals surface area (Å²) >= 11 is 9.47. The Hall–Kier alpha value is -2.88. The predicted octanol–water partition coefficient (Wildman–Crippen LogP) is 5.82. The zero-order valence-corrected chi connectivity index (χ0v) is 25.9. The number of carbonyl (C=O) groups is 2. The highest BCUT2D eigenvalue weighted by atomic mass is 79.9. The van der Waals surface area contributed by atoms with E-state index in [1.54, 1.807) is 29.2 Å². The van der Waals surface area contributed by atoms with Gasteiger partial charge in [0.15, 0.2) is 0 Å². The second-order valence-corrected chi connectivity index (χ2v) is 12.8. The number of sulfonamides is 1. The molecule has 1 atom stereocenters. The number of hydrogen-bond donors (Lipinski definition) is 1. The third kappa shape index (κ3) is 9.64. The van der Waals surface area contributed by atoms with Crippen molar-refractivity contribution in [3.05, 3.63) is 99.5 Å². The molecular formula is C30H35BrClN3O4S. The number of benzene rings is 3. The van der Waals surface area contributed by atoms with Crippen LogP contribution in [0.4, 0.5) is 5.69 Å². The lowest BCUT2D eigenvalue weighted by Crippen LogP contribution is -2.50. The van der Waals surface area contributed by atoms with Gasteiger partial charge in [0.25, 0.3) is 0 Å². The first kappa shape index (κ1) is 31.6. The minimum absolute atomic E-state index is 0.0694. The van der Waals surface area contributed by atoms with Crippen LogP contribution in [0.5, 0.6) is 0 Å². The molecule has 3 aromatic rings. The van der Waals surface area contributed by atoms with Crippen LogP contribution in [0, 0.1) is 0 Å². The standard InChI is InChI=1S/C30H35BrClN3O4S/c1-3-18-33-30(37)28(21-23-9-5-4-6-10-23)34(22-24-11-7-12-25(31)20-24)29(36)13-8-19-35(40(2,38)39)27-16-14-26(32)15-17-27/h4-7,9-12,14-17,20,28H,3,8,13,18-19,21-22H2,1-2H3,(H,33,37)/t28-/m0/s1. The summed E-state index contributed by atoms with van der Waals surface area (Å²) in [6, 6.07) is 23.1. The third-order valence-corrected chi connectivity index (χ3v) is 8.27. The van der Waals surface area contributed by atoms with Crippen molar-refractivity contribution < 1.29 is 18.0 Å². The summed E-state index contributed by atoms with van der Waals surface area (Å²) in [4.78, 5) is 28.8. The van der Waals surface area contributed by atoms with Crippen molar-refractivity contribution in [2.24, 2.45) is 0 Å². The van der Waals surface area contributed by atoms with Crippen molar-refractivity contribution >= 4 is 55.1 Å². The quantitative estimate of drug-likeness (QED) is 0.239. The molecule has 0 aliphatic carbocycles. The molecule has 7 nitrogen and oxygen atoms in total. The highest BCUT2D eigenvalue weighted by Crippen LogP contribution is 2.22. The lowest BCUT2D eigenvalue weighted by molar-refractivity contribution is -0.141. The fraction of sp³-hybridized carbons (Fsp3) is 0.333. The number of anilines is 1. The van der Waals surface area contributed by atoms with Gasteiger partial charge in [-0.25, -0.2) is 8.42 Å². The number of nitrogens with one attached hydrogen (secondary N) is 1. The molecule has 0 spiro atoms. The van der Waals surface area contributed by atoms with Crippen LogP contribution in [-0.4, -0.2) is 50.5 Å². The first-order valence-electron chi connectivity index (χ1n) is 13.2. The first-order valence-corrected chi connectivity index (χ1v) is 16.2. The molecule has 2 amide bonds. The van der Waals surface area contributed by atoms with Crippen molar-refractivity contribution in [1.82, 2.24) is 10.2 Å². The van der Waals surface area contributed by atoms with Crippen LogP contribution in [0.25, 0.3) is 0 Å². The number of carbonyl (C=O) groups excluding carboxylic acids is 2. The lowest BCUT2D eigenvalue weighted by atomic mass is 10.0. The molecule has 0 unspecified atom stereocenters. The van der Waals surface area contributed by atoms with Crippen LogP contribution < -0.4 is 9.62 Å². The fourth-order valence-electron chi connectivity index (χ4n) is 4.36. The van der Waals surface area contributed by atoms with Crippen LogP contribution in [0.15, 0.2) is 83.3 Å². The van der Waals surface area contributed by atoms with E-state index in [4.69, 9.17) is 11.6 Å². The minimum atomic E-state index is -3.59. The van der Waals surface area contributed by atoms with Crippen molar-refractivity contribution in [3.8, 4) is 0 Å². The number of amides is 2. The van der Waals surface area contributed by atoms with Gasteiger partial charge in [-0.2, -0.15) is 0 Å². The Labute approximate surface area is 250 Å². The first-order chi connectivity index (χ1) is 19.1. The zero-order valence-electron chi connectivity index (χ0n) is 22.7. The Bertz CT molecular complexity index is 1370. The number of nitrogens with zero attached hydrogens (tertiary/aromatic N) is 2. The van der Waals surface area contributed by atoms with Gasteiger partial charge in [-0.05, 0) is 60.4 Å². The topological polar surface area (TPSA) is 86.8 Å². The van der Waals surface area contributed by atoms with E-state index < -0.39 is 16.1 Å². The van der Waals surface area contributed by atoms with Gasteiger partial charge in [-0.1, -0.05) is 76.9 Å². The Morgan fingerprint density at radius 3 is 2.27 bits per heavy atom. The van der Waals surface area contributed by atoms with Gasteiger partial charge in [0.05, 0.1) is 11.9 Å². The maximum atomic E-state index is 13.8. The van der Waals surface area contributed by atoms with E-state index in [-0.39, 0.29) is 37.7 Å². The molecule has 0 bridgehead atoms. The molecule has 0 fully saturated rings. The van der Waals surface area contributed by atoms with E-state index in [1.807, 2.05) is 61.5 Å². The smallest absolute Gasteiger partial charge is 0.243 e. The largest absolute Gasteiger partial charge is 0.354 e. The maximum absolute atomic E-state index is 13.8. The van der Waals surface area contributed by atoms with Gasteiger partial charge < -0.3 is 10.2 Å². The molecule has 0 saturated heterocycles. The monoisotopic (exact) mass is 647 g/mol. The molecule has 40 heavy (non-hydrogen) atoms. The molecule has 0 heterocycles. The van der Waals surface area contributed by atoms with E-state index in [2.05, 4.69) is 21.2 Å². The van der Waals surface area contributed by atoms with Crippen molar-refractivity contribution in [1.29, 1.82) is 0 Å². The highest BCUT2D eigenvalue weighted by Gasteiger charge is 2.30. The van der Waals surface area contributed by atoms with Crippen LogP contribution in [0.2, 0.25) is 5.02 Å². The van der Waals surface area contributed by atoms with Gasteiger partial charge in [0.2, 0.25) is 21.8 Å². The van der Waals surface area contributed by atoms with Crippen LogP contribution in [0.3, 0.4) is 0 Å². The fourth-order valence-corrected chi connectivity index (χ4v) is 5.90. The van der Waals surface area contributed by atoms with E-state index in [1.165, 1.54) is 4.31 Å². The molecule has 214 valence electrons. The number of halogens is 2. The van der Waals surface area contributed by atoms with E-state index in [0.29, 0.717) is 23.7 Å². The summed E-state index contributed by atoms with van der Waals surface area (Å²) in [7, 11) is -3.59. The summed E-state index contributed by atoms with van der Waals surface area (Å²) in [5.74, 6) is -0.440. The van der Waals surface area contributed by atoms with Gasteiger partial charge in [0, 0.05) is 42.0 Å².